The number of unbranched alkanes of at least 4 members (excludes halogenated alkanes) is 37. The predicted octanol–water partition coefficient (Wildman–Crippen LogP) is 20.6. The quantitative estimate of drug-likeness (QED) is 0.0261. The zero-order chi connectivity index (χ0) is 50.7. The molecular weight excluding hydrogens is 865 g/mol. The fourth-order valence-electron chi connectivity index (χ4n) is 8.97. The smallest absolute Gasteiger partial charge is 0.306 e. The number of carbonyl (C=O) groups excluding carboxylic acids is 3. The summed E-state index contributed by atoms with van der Waals surface area (Å²) in [6.07, 6.45) is 72.6. The van der Waals surface area contributed by atoms with Crippen molar-refractivity contribution < 1.29 is 28.6 Å². The highest BCUT2D eigenvalue weighted by Crippen LogP contribution is 2.17. The largest absolute Gasteiger partial charge is 0.462 e. The summed E-state index contributed by atoms with van der Waals surface area (Å²) in [6.45, 7) is 6.62. The number of hydrogen-bond donors (Lipinski definition) is 0. The van der Waals surface area contributed by atoms with Gasteiger partial charge in [0.25, 0.3) is 0 Å². The molecule has 0 N–H and O–H groups in total. The summed E-state index contributed by atoms with van der Waals surface area (Å²) >= 11 is 0. The van der Waals surface area contributed by atoms with Crippen LogP contribution in [0.15, 0.2) is 48.6 Å². The molecule has 0 aromatic heterocycles. The number of esters is 3. The molecule has 0 spiro atoms. The Labute approximate surface area is 435 Å². The Balaban J connectivity index is 4.40. The lowest BCUT2D eigenvalue weighted by molar-refractivity contribution is -0.167. The third kappa shape index (κ3) is 56.3. The van der Waals surface area contributed by atoms with Crippen molar-refractivity contribution in [1.82, 2.24) is 0 Å². The lowest BCUT2D eigenvalue weighted by Gasteiger charge is -2.18. The van der Waals surface area contributed by atoms with E-state index in [0.717, 1.165) is 64.2 Å². The minimum absolute atomic E-state index is 0.0901. The Hall–Kier alpha value is -2.63. The number of carbonyl (C=O) groups is 3. The first-order valence-electron chi connectivity index (χ1n) is 30.6. The molecule has 0 unspecified atom stereocenters. The average Bonchev–Trinajstić information content (AvgIpc) is 3.36. The molecule has 0 aromatic carbocycles. The van der Waals surface area contributed by atoms with Gasteiger partial charge in [0.05, 0.1) is 0 Å². The monoisotopic (exact) mass is 981 g/mol. The van der Waals surface area contributed by atoms with Gasteiger partial charge in [-0.1, -0.05) is 294 Å². The fourth-order valence-corrected chi connectivity index (χ4v) is 8.97. The van der Waals surface area contributed by atoms with Crippen LogP contribution in [-0.2, 0) is 28.6 Å². The first kappa shape index (κ1) is 67.4. The molecule has 0 fully saturated rings. The second kappa shape index (κ2) is 58.9. The molecule has 408 valence electrons. The molecule has 0 amide bonds. The Bertz CT molecular complexity index is 1220. The number of allylic oxidation sites excluding steroid dienone is 8. The van der Waals surface area contributed by atoms with E-state index in [9.17, 15) is 14.4 Å². The second-order valence-electron chi connectivity index (χ2n) is 20.6. The summed E-state index contributed by atoms with van der Waals surface area (Å²) < 4.78 is 16.9. The summed E-state index contributed by atoms with van der Waals surface area (Å²) in [7, 11) is 0. The number of hydrogen-bond acceptors (Lipinski definition) is 6. The topological polar surface area (TPSA) is 78.9 Å². The summed E-state index contributed by atoms with van der Waals surface area (Å²) in [4.78, 5) is 38.2. The SMILES string of the molecule is CCCCC/C=C/C/C=C/C/C=C/C/C=C/CCCC(=O)O[C@H](COC(=O)CCCCCCCCCCCCCCCCCCC)COC(=O)CCCCCCCCCCCCCCCCCCCC. The van der Waals surface area contributed by atoms with Crippen molar-refractivity contribution in [3.8, 4) is 0 Å². The van der Waals surface area contributed by atoms with Crippen molar-refractivity contribution in [1.29, 1.82) is 0 Å². The van der Waals surface area contributed by atoms with Crippen molar-refractivity contribution in [2.45, 2.75) is 329 Å². The molecule has 70 heavy (non-hydrogen) atoms. The van der Waals surface area contributed by atoms with Crippen molar-refractivity contribution in [2.75, 3.05) is 13.2 Å². The molecule has 0 aliphatic carbocycles. The normalized spacial score (nSPS) is 12.3. The summed E-state index contributed by atoms with van der Waals surface area (Å²) in [5.41, 5.74) is 0. The molecule has 0 bridgehead atoms. The minimum atomic E-state index is -0.798. The van der Waals surface area contributed by atoms with E-state index < -0.39 is 6.10 Å². The third-order valence-corrected chi connectivity index (χ3v) is 13.6. The summed E-state index contributed by atoms with van der Waals surface area (Å²) in [6, 6.07) is 0. The fraction of sp³-hybridized carbons (Fsp3) is 0.828. The van der Waals surface area contributed by atoms with Crippen LogP contribution in [0.2, 0.25) is 0 Å². The molecule has 0 aromatic rings. The van der Waals surface area contributed by atoms with Crippen molar-refractivity contribution in [3.05, 3.63) is 48.6 Å². The van der Waals surface area contributed by atoms with Crippen LogP contribution in [0.3, 0.4) is 0 Å². The van der Waals surface area contributed by atoms with Crippen LogP contribution in [-0.4, -0.2) is 37.2 Å². The third-order valence-electron chi connectivity index (χ3n) is 13.6. The van der Waals surface area contributed by atoms with Crippen molar-refractivity contribution >= 4 is 17.9 Å². The van der Waals surface area contributed by atoms with Gasteiger partial charge in [0.15, 0.2) is 6.10 Å². The molecule has 0 radical (unpaired) electrons. The van der Waals surface area contributed by atoms with E-state index in [1.807, 2.05) is 0 Å². The lowest BCUT2D eigenvalue weighted by Crippen LogP contribution is -2.30. The maximum absolute atomic E-state index is 12.9. The molecule has 0 aliphatic rings. The highest BCUT2D eigenvalue weighted by molar-refractivity contribution is 5.71. The summed E-state index contributed by atoms with van der Waals surface area (Å²) in [5.74, 6) is -0.926. The molecule has 6 heteroatoms. The van der Waals surface area contributed by atoms with Gasteiger partial charge in [-0.3, -0.25) is 14.4 Å². The first-order chi connectivity index (χ1) is 34.5. The Morgan fingerprint density at radius 2 is 0.529 bits per heavy atom. The molecule has 0 saturated carbocycles. The van der Waals surface area contributed by atoms with E-state index >= 15 is 0 Å². The molecule has 0 aliphatic heterocycles. The molecule has 0 heterocycles. The van der Waals surface area contributed by atoms with Gasteiger partial charge in [0.1, 0.15) is 13.2 Å². The summed E-state index contributed by atoms with van der Waals surface area (Å²) in [5, 5.41) is 0. The maximum atomic E-state index is 12.9. The zero-order valence-corrected chi connectivity index (χ0v) is 46.8. The number of ether oxygens (including phenoxy) is 3. The molecule has 1 atom stereocenters. The minimum Gasteiger partial charge on any atom is -0.462 e. The van der Waals surface area contributed by atoms with Gasteiger partial charge in [0, 0.05) is 19.3 Å². The van der Waals surface area contributed by atoms with Gasteiger partial charge in [-0.15, -0.1) is 0 Å². The molecule has 0 rings (SSSR count). The first-order valence-corrected chi connectivity index (χ1v) is 30.6. The second-order valence-corrected chi connectivity index (χ2v) is 20.6. The van der Waals surface area contributed by atoms with Crippen LogP contribution in [0, 0.1) is 0 Å². The van der Waals surface area contributed by atoms with E-state index in [1.54, 1.807) is 0 Å². The molecule has 0 saturated heterocycles. The van der Waals surface area contributed by atoms with E-state index in [-0.39, 0.29) is 37.5 Å². The van der Waals surface area contributed by atoms with Gasteiger partial charge in [0.2, 0.25) is 0 Å². The van der Waals surface area contributed by atoms with Crippen LogP contribution in [0.5, 0.6) is 0 Å². The number of rotatable bonds is 56. The maximum Gasteiger partial charge on any atom is 0.306 e. The van der Waals surface area contributed by atoms with Gasteiger partial charge in [-0.2, -0.15) is 0 Å². The van der Waals surface area contributed by atoms with E-state index in [4.69, 9.17) is 14.2 Å². The van der Waals surface area contributed by atoms with Crippen molar-refractivity contribution in [2.24, 2.45) is 0 Å². The van der Waals surface area contributed by atoms with Crippen LogP contribution < -0.4 is 0 Å². The van der Waals surface area contributed by atoms with Crippen LogP contribution in [0.1, 0.15) is 323 Å². The van der Waals surface area contributed by atoms with Gasteiger partial charge >= 0.3 is 17.9 Å². The highest BCUT2D eigenvalue weighted by Gasteiger charge is 2.19. The zero-order valence-electron chi connectivity index (χ0n) is 46.8. The predicted molar refractivity (Wildman–Crippen MR) is 302 cm³/mol. The Morgan fingerprint density at radius 3 is 0.843 bits per heavy atom. The van der Waals surface area contributed by atoms with Crippen LogP contribution in [0.4, 0.5) is 0 Å². The standard InChI is InChI=1S/C64H116O6/c1-4-7-10-13-16-19-22-25-28-31-34-36-39-42-45-48-51-54-57-63(66)69-60-61(70-64(67)58-55-52-49-46-43-40-37-33-30-27-24-21-18-15-12-9-6-3)59-68-62(65)56-53-50-47-44-41-38-35-32-29-26-23-20-17-14-11-8-5-2/h18,21,27,30,37,40,46,49,61H,4-17,19-20,22-26,28-29,31-36,38-39,41-45,47-48,50-60H2,1-3H3/b21-18+,30-27+,40-37+,49-46+/t61-/m1/s1. The van der Waals surface area contributed by atoms with Crippen molar-refractivity contribution in [3.63, 3.8) is 0 Å². The Morgan fingerprint density at radius 1 is 0.286 bits per heavy atom. The van der Waals surface area contributed by atoms with Gasteiger partial charge in [-0.25, -0.2) is 0 Å². The Kier molecular flexibility index (Phi) is 56.7. The molecular formula is C64H116O6. The van der Waals surface area contributed by atoms with E-state index in [0.29, 0.717) is 19.3 Å². The van der Waals surface area contributed by atoms with E-state index in [1.165, 1.54) is 212 Å². The molecule has 6 nitrogen and oxygen atoms in total. The van der Waals surface area contributed by atoms with Gasteiger partial charge in [-0.05, 0) is 57.8 Å². The average molecular weight is 982 g/mol. The van der Waals surface area contributed by atoms with Crippen LogP contribution in [0.25, 0.3) is 0 Å². The van der Waals surface area contributed by atoms with E-state index in [2.05, 4.69) is 69.4 Å². The highest BCUT2D eigenvalue weighted by atomic mass is 16.6. The van der Waals surface area contributed by atoms with Crippen LogP contribution >= 0.6 is 0 Å². The van der Waals surface area contributed by atoms with Gasteiger partial charge < -0.3 is 14.2 Å². The lowest BCUT2D eigenvalue weighted by atomic mass is 10.0.